The number of phosphoric acid groups is 1. The number of aryl methyl sites for hydroxylation is 2. The lowest BCUT2D eigenvalue weighted by Crippen LogP contribution is -2.55. The second kappa shape index (κ2) is 10.3. The minimum atomic E-state index is -4.63. The van der Waals surface area contributed by atoms with E-state index >= 15 is 0 Å². The van der Waals surface area contributed by atoms with Gasteiger partial charge >= 0.3 is 13.9 Å². The Bertz CT molecular complexity index is 779. The first kappa shape index (κ1) is 23.3. The molecule has 1 aromatic rings. The second-order valence-electron chi connectivity index (χ2n) is 8.68. The van der Waals surface area contributed by atoms with Crippen molar-refractivity contribution in [3.05, 3.63) is 34.9 Å². The Labute approximate surface area is 178 Å². The molecular formula is C22H34NO6P. The van der Waals surface area contributed by atoms with Crippen molar-refractivity contribution >= 4 is 13.9 Å². The number of ether oxygens (including phenoxy) is 1. The molecule has 1 fully saturated rings. The third-order valence-electron chi connectivity index (χ3n) is 6.40. The van der Waals surface area contributed by atoms with E-state index in [1.807, 2.05) is 0 Å². The number of rotatable bonds is 11. The highest BCUT2D eigenvalue weighted by Gasteiger charge is 2.48. The normalized spacial score (nSPS) is 23.7. The highest BCUT2D eigenvalue weighted by atomic mass is 31.2. The number of carbonyl (C=O) groups is 1. The van der Waals surface area contributed by atoms with Gasteiger partial charge in [0.15, 0.2) is 0 Å². The molecule has 30 heavy (non-hydrogen) atoms. The van der Waals surface area contributed by atoms with Crippen LogP contribution in [0.3, 0.4) is 0 Å². The Morgan fingerprint density at radius 3 is 2.67 bits per heavy atom. The van der Waals surface area contributed by atoms with Crippen LogP contribution in [0.1, 0.15) is 68.6 Å². The van der Waals surface area contributed by atoms with Crippen molar-refractivity contribution in [2.24, 2.45) is 5.92 Å². The van der Waals surface area contributed by atoms with Gasteiger partial charge in [-0.05, 0) is 54.7 Å². The zero-order valence-electron chi connectivity index (χ0n) is 17.8. The minimum absolute atomic E-state index is 0.00702. The molecule has 1 aliphatic carbocycles. The van der Waals surface area contributed by atoms with Gasteiger partial charge < -0.3 is 19.8 Å². The molecule has 1 saturated heterocycles. The van der Waals surface area contributed by atoms with Gasteiger partial charge in [-0.3, -0.25) is 4.52 Å². The van der Waals surface area contributed by atoms with Crippen LogP contribution in [0.5, 0.6) is 0 Å². The summed E-state index contributed by atoms with van der Waals surface area (Å²) in [5, 5.41) is 2.77. The van der Waals surface area contributed by atoms with E-state index < -0.39 is 19.5 Å². The molecule has 1 amide bonds. The maximum Gasteiger partial charge on any atom is 0.469 e. The summed E-state index contributed by atoms with van der Waals surface area (Å²) >= 11 is 0. The van der Waals surface area contributed by atoms with Gasteiger partial charge in [0.25, 0.3) is 0 Å². The number of amides is 1. The van der Waals surface area contributed by atoms with E-state index in [0.717, 1.165) is 25.7 Å². The smallest absolute Gasteiger partial charge is 0.447 e. The first-order valence-electron chi connectivity index (χ1n) is 11.1. The largest absolute Gasteiger partial charge is 0.469 e. The summed E-state index contributed by atoms with van der Waals surface area (Å²) in [6, 6.07) is 6.67. The van der Waals surface area contributed by atoms with Gasteiger partial charge in [0.1, 0.15) is 12.1 Å². The minimum Gasteiger partial charge on any atom is -0.447 e. The number of hydrogen-bond donors (Lipinski definition) is 3. The van der Waals surface area contributed by atoms with Gasteiger partial charge in [-0.1, -0.05) is 57.2 Å². The highest BCUT2D eigenvalue weighted by Crippen LogP contribution is 2.41. The summed E-state index contributed by atoms with van der Waals surface area (Å²) in [6.07, 6.45) is 10.7. The molecule has 0 radical (unpaired) electrons. The predicted molar refractivity (Wildman–Crippen MR) is 114 cm³/mol. The predicted octanol–water partition coefficient (Wildman–Crippen LogP) is 4.28. The van der Waals surface area contributed by atoms with Crippen molar-refractivity contribution in [1.29, 1.82) is 0 Å². The van der Waals surface area contributed by atoms with E-state index in [0.29, 0.717) is 0 Å². The number of alkyl carbamates (subject to hydrolysis) is 1. The lowest BCUT2D eigenvalue weighted by atomic mass is 9.73. The molecule has 0 bridgehead atoms. The molecule has 168 valence electrons. The van der Waals surface area contributed by atoms with Crippen molar-refractivity contribution < 1.29 is 28.4 Å². The Hall–Kier alpha value is -1.40. The fourth-order valence-electron chi connectivity index (χ4n) is 4.63. The van der Waals surface area contributed by atoms with Crippen molar-refractivity contribution in [2.75, 3.05) is 13.2 Å². The Balaban J connectivity index is 1.60. The zero-order chi connectivity index (χ0) is 21.6. The Morgan fingerprint density at radius 1 is 1.20 bits per heavy atom. The summed E-state index contributed by atoms with van der Waals surface area (Å²) in [4.78, 5) is 29.9. The number of phosphoric ester groups is 1. The monoisotopic (exact) mass is 439 g/mol. The van der Waals surface area contributed by atoms with E-state index in [2.05, 4.69) is 30.4 Å². The summed E-state index contributed by atoms with van der Waals surface area (Å²) < 4.78 is 21.1. The third-order valence-corrected chi connectivity index (χ3v) is 6.87. The summed E-state index contributed by atoms with van der Waals surface area (Å²) in [5.41, 5.74) is 3.04. The second-order valence-corrected chi connectivity index (χ2v) is 9.92. The number of fused-ring (bicyclic) bond motifs is 1. The average molecular weight is 439 g/mol. The fourth-order valence-corrected chi connectivity index (χ4v) is 5.03. The molecule has 0 aromatic heterocycles. The topological polar surface area (TPSA) is 105 Å². The van der Waals surface area contributed by atoms with Gasteiger partial charge in [-0.2, -0.15) is 0 Å². The molecule has 0 spiro atoms. The molecule has 3 rings (SSSR count). The van der Waals surface area contributed by atoms with Crippen LogP contribution in [0.25, 0.3) is 0 Å². The maximum atomic E-state index is 11.7. The first-order valence-corrected chi connectivity index (χ1v) is 12.6. The maximum absolute atomic E-state index is 11.7. The summed E-state index contributed by atoms with van der Waals surface area (Å²) in [7, 11) is -4.63. The van der Waals surface area contributed by atoms with Crippen LogP contribution in [0.2, 0.25) is 0 Å². The molecule has 8 heteroatoms. The molecule has 3 N–H and O–H groups in total. The van der Waals surface area contributed by atoms with E-state index in [1.54, 1.807) is 0 Å². The molecule has 1 aliphatic heterocycles. The Kier molecular flexibility index (Phi) is 7.97. The van der Waals surface area contributed by atoms with Crippen molar-refractivity contribution in [3.63, 3.8) is 0 Å². The molecule has 7 nitrogen and oxygen atoms in total. The fraction of sp³-hybridized carbons (Fsp3) is 0.682. The van der Waals surface area contributed by atoms with E-state index in [4.69, 9.17) is 19.0 Å². The van der Waals surface area contributed by atoms with Crippen LogP contribution in [0.15, 0.2) is 18.2 Å². The van der Waals surface area contributed by atoms with Crippen molar-refractivity contribution in [1.82, 2.24) is 5.32 Å². The van der Waals surface area contributed by atoms with Gasteiger partial charge in [0.2, 0.25) is 0 Å². The number of cyclic esters (lactones) is 1. The van der Waals surface area contributed by atoms with Gasteiger partial charge in [-0.25, -0.2) is 9.36 Å². The highest BCUT2D eigenvalue weighted by molar-refractivity contribution is 7.46. The van der Waals surface area contributed by atoms with Crippen molar-refractivity contribution in [2.45, 2.75) is 76.7 Å². The summed E-state index contributed by atoms with van der Waals surface area (Å²) in [6.45, 7) is 2.03. The molecule has 2 atom stereocenters. The number of benzene rings is 1. The number of carbonyl (C=O) groups excluding carboxylic acids is 1. The number of hydrogen-bond acceptors (Lipinski definition) is 4. The SMILES string of the molecule is CCCCCCCCc1ccc2c(c1)CCC(C1(COP(=O)(O)O)COC(=O)N1)C2. The quantitative estimate of drug-likeness (QED) is 0.351. The molecular weight excluding hydrogens is 405 g/mol. The average Bonchev–Trinajstić information content (AvgIpc) is 3.10. The van der Waals surface area contributed by atoms with Crippen LogP contribution in [-0.2, 0) is 33.1 Å². The van der Waals surface area contributed by atoms with E-state index in [-0.39, 0.29) is 19.1 Å². The van der Waals surface area contributed by atoms with Gasteiger partial charge in [0, 0.05) is 0 Å². The lowest BCUT2D eigenvalue weighted by molar-refractivity contribution is 0.0849. The van der Waals surface area contributed by atoms with Crippen LogP contribution in [0, 0.1) is 5.92 Å². The standard InChI is InChI=1S/C22H34NO6P/c1-2-3-4-5-6-7-8-17-9-10-19-14-20(12-11-18(19)13-17)22(15-28-21(24)23-22)16-29-30(25,26)27/h9-10,13,20H,2-8,11-12,14-16H2,1H3,(H,23,24)(H2,25,26,27). The first-order chi connectivity index (χ1) is 14.3. The molecule has 1 aromatic carbocycles. The lowest BCUT2D eigenvalue weighted by Gasteiger charge is -2.38. The third kappa shape index (κ3) is 6.30. The van der Waals surface area contributed by atoms with Crippen LogP contribution < -0.4 is 5.32 Å². The van der Waals surface area contributed by atoms with E-state index in [9.17, 15) is 9.36 Å². The zero-order valence-corrected chi connectivity index (χ0v) is 18.7. The van der Waals surface area contributed by atoms with Crippen molar-refractivity contribution in [3.8, 4) is 0 Å². The van der Waals surface area contributed by atoms with Crippen LogP contribution in [-0.4, -0.2) is 34.6 Å². The van der Waals surface area contributed by atoms with E-state index in [1.165, 1.54) is 55.2 Å². The van der Waals surface area contributed by atoms with Crippen LogP contribution in [0.4, 0.5) is 4.79 Å². The molecule has 0 saturated carbocycles. The van der Waals surface area contributed by atoms with Gasteiger partial charge in [0.05, 0.1) is 6.61 Å². The molecule has 2 aliphatic rings. The Morgan fingerprint density at radius 2 is 1.97 bits per heavy atom. The van der Waals surface area contributed by atoms with Crippen LogP contribution >= 0.6 is 7.82 Å². The molecule has 2 unspecified atom stereocenters. The number of unbranched alkanes of at least 4 members (excludes halogenated alkanes) is 5. The summed E-state index contributed by atoms with van der Waals surface area (Å²) in [5.74, 6) is -0.00702. The number of nitrogens with one attached hydrogen (secondary N) is 1. The molecule has 1 heterocycles. The van der Waals surface area contributed by atoms with Gasteiger partial charge in [-0.15, -0.1) is 0 Å².